The van der Waals surface area contributed by atoms with Crippen molar-refractivity contribution < 1.29 is 28.7 Å². The zero-order valence-electron chi connectivity index (χ0n) is 20.6. The van der Waals surface area contributed by atoms with Gasteiger partial charge in [-0.15, -0.1) is 0 Å². The lowest BCUT2D eigenvalue weighted by Crippen LogP contribution is -2.34. The first kappa shape index (κ1) is 26.4. The molecule has 2 aromatic rings. The lowest BCUT2D eigenvalue weighted by Gasteiger charge is -2.19. The summed E-state index contributed by atoms with van der Waals surface area (Å²) in [6, 6.07) is 13.3. The Morgan fingerprint density at radius 2 is 1.39 bits per heavy atom. The lowest BCUT2D eigenvalue weighted by molar-refractivity contribution is -0.117. The first-order valence-electron chi connectivity index (χ1n) is 11.7. The van der Waals surface area contributed by atoms with E-state index < -0.39 is 11.7 Å². The van der Waals surface area contributed by atoms with Crippen molar-refractivity contribution in [1.29, 1.82) is 0 Å². The molecule has 0 atom stereocenters. The van der Waals surface area contributed by atoms with Crippen molar-refractivity contribution in [3.05, 3.63) is 59.7 Å². The van der Waals surface area contributed by atoms with E-state index in [1.165, 1.54) is 0 Å². The largest absolute Gasteiger partial charge is 0.444 e. The number of imide groups is 1. The molecule has 0 aliphatic carbocycles. The Kier molecular flexibility index (Phi) is 8.42. The van der Waals surface area contributed by atoms with Gasteiger partial charge in [0.15, 0.2) is 0 Å². The Balaban J connectivity index is 1.41. The predicted molar refractivity (Wildman–Crippen MR) is 134 cm³/mol. The van der Waals surface area contributed by atoms with E-state index in [2.05, 4.69) is 16.0 Å². The van der Waals surface area contributed by atoms with Crippen LogP contribution in [0.3, 0.4) is 0 Å². The standard InChI is InChI=1S/C26H30N4O6/c1-26(2,3)36-25(35)27-14-13-22(32)29-18-9-6-8-17(16-18)28-21(31)12-7-15-30-23(33)19-10-4-5-11-20(19)24(30)34/h4-6,8-11,16H,7,12-15H2,1-3H3,(H,27,35)(H,28,31)(H,29,32). The molecule has 0 radical (unpaired) electrons. The van der Waals surface area contributed by atoms with Crippen LogP contribution in [0.5, 0.6) is 0 Å². The van der Waals surface area contributed by atoms with Gasteiger partial charge in [0.1, 0.15) is 5.60 Å². The van der Waals surface area contributed by atoms with E-state index in [9.17, 15) is 24.0 Å². The number of hydrogen-bond donors (Lipinski definition) is 3. The fraction of sp³-hybridized carbons (Fsp3) is 0.346. The summed E-state index contributed by atoms with van der Waals surface area (Å²) in [6.07, 6.45) is -0.116. The molecular formula is C26H30N4O6. The second-order valence-electron chi connectivity index (χ2n) is 9.27. The number of carbonyl (C=O) groups is 5. The molecule has 0 spiro atoms. The predicted octanol–water partition coefficient (Wildman–Crippen LogP) is 3.55. The minimum Gasteiger partial charge on any atom is -0.444 e. The van der Waals surface area contributed by atoms with Crippen LogP contribution in [0.15, 0.2) is 48.5 Å². The summed E-state index contributed by atoms with van der Waals surface area (Å²) in [5.41, 5.74) is 1.12. The fourth-order valence-corrected chi connectivity index (χ4v) is 3.55. The average molecular weight is 495 g/mol. The van der Waals surface area contributed by atoms with E-state index in [1.807, 2.05) is 0 Å². The van der Waals surface area contributed by atoms with E-state index in [1.54, 1.807) is 69.3 Å². The maximum atomic E-state index is 12.4. The third kappa shape index (κ3) is 7.39. The zero-order chi connectivity index (χ0) is 26.3. The highest BCUT2D eigenvalue weighted by Crippen LogP contribution is 2.23. The molecule has 3 rings (SSSR count). The second-order valence-corrected chi connectivity index (χ2v) is 9.27. The molecule has 0 aromatic heterocycles. The molecule has 1 aliphatic heterocycles. The molecule has 3 N–H and O–H groups in total. The van der Waals surface area contributed by atoms with Crippen molar-refractivity contribution in [2.24, 2.45) is 0 Å². The number of nitrogens with zero attached hydrogens (tertiary/aromatic N) is 1. The molecule has 1 heterocycles. The van der Waals surface area contributed by atoms with Crippen molar-refractivity contribution in [3.63, 3.8) is 0 Å². The maximum Gasteiger partial charge on any atom is 0.407 e. The number of benzene rings is 2. The summed E-state index contributed by atoms with van der Waals surface area (Å²) < 4.78 is 5.11. The fourth-order valence-electron chi connectivity index (χ4n) is 3.55. The number of nitrogens with one attached hydrogen (secondary N) is 3. The summed E-state index contributed by atoms with van der Waals surface area (Å²) >= 11 is 0. The summed E-state index contributed by atoms with van der Waals surface area (Å²) in [6.45, 7) is 5.51. The SMILES string of the molecule is CC(C)(C)OC(=O)NCCC(=O)Nc1cccc(NC(=O)CCCN2C(=O)c3ccccc3C2=O)c1. The topological polar surface area (TPSA) is 134 Å². The number of alkyl carbamates (subject to hydrolysis) is 1. The Bertz CT molecular complexity index is 1140. The number of hydrogen-bond acceptors (Lipinski definition) is 6. The Labute approximate surface area is 209 Å². The molecule has 1 aliphatic rings. The van der Waals surface area contributed by atoms with Gasteiger partial charge in [0, 0.05) is 37.3 Å². The van der Waals surface area contributed by atoms with E-state index in [0.29, 0.717) is 28.9 Å². The third-order valence-corrected chi connectivity index (χ3v) is 5.11. The van der Waals surface area contributed by atoms with Gasteiger partial charge in [-0.3, -0.25) is 24.1 Å². The zero-order valence-corrected chi connectivity index (χ0v) is 20.6. The van der Waals surface area contributed by atoms with Crippen LogP contribution in [0.1, 0.15) is 60.7 Å². The van der Waals surface area contributed by atoms with E-state index in [-0.39, 0.29) is 49.6 Å². The summed E-state index contributed by atoms with van der Waals surface area (Å²) in [5.74, 6) is -1.28. The van der Waals surface area contributed by atoms with Gasteiger partial charge >= 0.3 is 6.09 Å². The van der Waals surface area contributed by atoms with Gasteiger partial charge in [-0.2, -0.15) is 0 Å². The summed E-state index contributed by atoms with van der Waals surface area (Å²) in [4.78, 5) is 62.1. The molecule has 0 saturated carbocycles. The molecule has 2 aromatic carbocycles. The molecule has 5 amide bonds. The van der Waals surface area contributed by atoms with Crippen molar-refractivity contribution in [3.8, 4) is 0 Å². The first-order valence-corrected chi connectivity index (χ1v) is 11.7. The van der Waals surface area contributed by atoms with Crippen molar-refractivity contribution >= 4 is 41.1 Å². The highest BCUT2D eigenvalue weighted by atomic mass is 16.6. The number of anilines is 2. The molecule has 10 nitrogen and oxygen atoms in total. The van der Waals surface area contributed by atoms with Gasteiger partial charge in [-0.25, -0.2) is 4.79 Å². The molecule has 0 fully saturated rings. The van der Waals surface area contributed by atoms with E-state index in [0.717, 1.165) is 4.90 Å². The summed E-state index contributed by atoms with van der Waals surface area (Å²) in [5, 5.41) is 7.98. The van der Waals surface area contributed by atoms with Crippen molar-refractivity contribution in [1.82, 2.24) is 10.2 Å². The van der Waals surface area contributed by atoms with Crippen molar-refractivity contribution in [2.75, 3.05) is 23.7 Å². The average Bonchev–Trinajstić information content (AvgIpc) is 3.03. The lowest BCUT2D eigenvalue weighted by atomic mass is 10.1. The number of rotatable bonds is 9. The number of carbonyl (C=O) groups excluding carboxylic acids is 5. The van der Waals surface area contributed by atoms with Gasteiger partial charge in [0.2, 0.25) is 11.8 Å². The monoisotopic (exact) mass is 494 g/mol. The molecular weight excluding hydrogens is 464 g/mol. The van der Waals surface area contributed by atoms with Gasteiger partial charge in [-0.1, -0.05) is 18.2 Å². The maximum absolute atomic E-state index is 12.4. The Morgan fingerprint density at radius 1 is 0.833 bits per heavy atom. The molecule has 190 valence electrons. The van der Waals surface area contributed by atoms with Crippen LogP contribution < -0.4 is 16.0 Å². The highest BCUT2D eigenvalue weighted by molar-refractivity contribution is 6.21. The van der Waals surface area contributed by atoms with Gasteiger partial charge in [0.05, 0.1) is 11.1 Å². The summed E-state index contributed by atoms with van der Waals surface area (Å²) in [7, 11) is 0. The molecule has 0 saturated heterocycles. The van der Waals surface area contributed by atoms with Crippen LogP contribution >= 0.6 is 0 Å². The van der Waals surface area contributed by atoms with Crippen LogP contribution in [0.25, 0.3) is 0 Å². The van der Waals surface area contributed by atoms with Gasteiger partial charge in [-0.05, 0) is 57.5 Å². The van der Waals surface area contributed by atoms with Crippen LogP contribution in [-0.2, 0) is 14.3 Å². The molecule has 0 bridgehead atoms. The van der Waals surface area contributed by atoms with Gasteiger partial charge in [0.25, 0.3) is 11.8 Å². The molecule has 36 heavy (non-hydrogen) atoms. The number of fused-ring (bicyclic) bond motifs is 1. The quantitative estimate of drug-likeness (QED) is 0.457. The van der Waals surface area contributed by atoms with E-state index in [4.69, 9.17) is 4.74 Å². The van der Waals surface area contributed by atoms with Crippen LogP contribution in [-0.4, -0.2) is 53.3 Å². The second kappa shape index (κ2) is 11.5. The normalized spacial score (nSPS) is 12.7. The van der Waals surface area contributed by atoms with Crippen molar-refractivity contribution in [2.45, 2.75) is 45.6 Å². The van der Waals surface area contributed by atoms with E-state index >= 15 is 0 Å². The van der Waals surface area contributed by atoms with Crippen LogP contribution in [0.2, 0.25) is 0 Å². The molecule has 0 unspecified atom stereocenters. The number of amides is 5. The smallest absolute Gasteiger partial charge is 0.407 e. The minimum atomic E-state index is -0.619. The third-order valence-electron chi connectivity index (χ3n) is 5.11. The van der Waals surface area contributed by atoms with Gasteiger partial charge < -0.3 is 20.7 Å². The highest BCUT2D eigenvalue weighted by Gasteiger charge is 2.34. The first-order chi connectivity index (χ1) is 17.0. The minimum absolute atomic E-state index is 0.0492. The Morgan fingerprint density at radius 3 is 1.94 bits per heavy atom. The molecule has 10 heteroatoms. The van der Waals surface area contributed by atoms with Crippen LogP contribution in [0.4, 0.5) is 16.2 Å². The number of ether oxygens (including phenoxy) is 1. The van der Waals surface area contributed by atoms with Crippen LogP contribution in [0, 0.1) is 0 Å². The Hall–Kier alpha value is -4.21.